The summed E-state index contributed by atoms with van der Waals surface area (Å²) in [7, 11) is 0. The van der Waals surface area contributed by atoms with Crippen molar-refractivity contribution in [1.29, 1.82) is 0 Å². The van der Waals surface area contributed by atoms with Crippen molar-refractivity contribution in [2.45, 2.75) is 25.9 Å². The highest BCUT2D eigenvalue weighted by molar-refractivity contribution is 5.94. The number of aromatic nitrogens is 1. The molecule has 116 valence electrons. The zero-order valence-corrected chi connectivity index (χ0v) is 12.4. The van der Waals surface area contributed by atoms with Crippen LogP contribution in [0.3, 0.4) is 0 Å². The maximum atomic E-state index is 12.4. The van der Waals surface area contributed by atoms with Crippen LogP contribution in [0, 0.1) is 0 Å². The summed E-state index contributed by atoms with van der Waals surface area (Å²) in [4.78, 5) is 18.4. The molecule has 1 aromatic heterocycles. The number of rotatable bonds is 6. The summed E-state index contributed by atoms with van der Waals surface area (Å²) in [5.41, 5.74) is 0.617. The van der Waals surface area contributed by atoms with Crippen LogP contribution in [0.15, 0.2) is 18.3 Å². The van der Waals surface area contributed by atoms with Crippen LogP contribution in [0.5, 0.6) is 0 Å². The first kappa shape index (κ1) is 15.7. The second-order valence-corrected chi connectivity index (χ2v) is 5.05. The number of ether oxygens (including phenoxy) is 1. The molecule has 0 radical (unpaired) electrons. The molecule has 1 aliphatic rings. The summed E-state index contributed by atoms with van der Waals surface area (Å²) in [6.45, 7) is 4.59. The molecule has 2 rings (SSSR count). The lowest BCUT2D eigenvalue weighted by molar-refractivity contribution is -0.00554. The van der Waals surface area contributed by atoms with Gasteiger partial charge in [0.1, 0.15) is 5.82 Å². The first-order chi connectivity index (χ1) is 10.2. The van der Waals surface area contributed by atoms with Gasteiger partial charge < -0.3 is 20.1 Å². The summed E-state index contributed by atoms with van der Waals surface area (Å²) < 4.78 is 5.50. The first-order valence-electron chi connectivity index (χ1n) is 7.46. The molecular weight excluding hydrogens is 270 g/mol. The van der Waals surface area contributed by atoms with Crippen molar-refractivity contribution in [3.63, 3.8) is 0 Å². The van der Waals surface area contributed by atoms with E-state index in [2.05, 4.69) is 10.3 Å². The number of nitrogens with one attached hydrogen (secondary N) is 1. The monoisotopic (exact) mass is 293 g/mol. The van der Waals surface area contributed by atoms with Crippen LogP contribution in [-0.2, 0) is 4.74 Å². The third-order valence-electron chi connectivity index (χ3n) is 3.54. The molecule has 1 aromatic rings. The second kappa shape index (κ2) is 7.95. The Bertz CT molecular complexity index is 442. The van der Waals surface area contributed by atoms with Crippen LogP contribution < -0.4 is 5.32 Å². The molecule has 0 spiro atoms. The van der Waals surface area contributed by atoms with E-state index in [1.54, 1.807) is 6.20 Å². The van der Waals surface area contributed by atoms with Gasteiger partial charge in [0.15, 0.2) is 0 Å². The molecule has 1 fully saturated rings. The Balaban J connectivity index is 1.86. The molecule has 1 amide bonds. The number of piperidine rings is 1. The number of pyridine rings is 1. The number of aliphatic hydroxyl groups is 1. The smallest absolute Gasteiger partial charge is 0.255 e. The van der Waals surface area contributed by atoms with Crippen molar-refractivity contribution in [2.24, 2.45) is 0 Å². The molecule has 1 saturated heterocycles. The second-order valence-electron chi connectivity index (χ2n) is 5.05. The van der Waals surface area contributed by atoms with Crippen molar-refractivity contribution in [3.8, 4) is 0 Å². The number of hydrogen-bond acceptors (Lipinski definition) is 5. The highest BCUT2D eigenvalue weighted by Crippen LogP contribution is 2.16. The lowest BCUT2D eigenvalue weighted by Crippen LogP contribution is -2.41. The highest BCUT2D eigenvalue weighted by Gasteiger charge is 2.24. The van der Waals surface area contributed by atoms with Gasteiger partial charge in [-0.3, -0.25) is 4.79 Å². The summed E-state index contributed by atoms with van der Waals surface area (Å²) >= 11 is 0. The highest BCUT2D eigenvalue weighted by atomic mass is 16.5. The molecule has 1 aliphatic heterocycles. The molecular formula is C15H23N3O3. The van der Waals surface area contributed by atoms with E-state index in [1.807, 2.05) is 24.0 Å². The Morgan fingerprint density at radius 1 is 1.48 bits per heavy atom. The lowest BCUT2D eigenvalue weighted by atomic mass is 10.1. The van der Waals surface area contributed by atoms with E-state index in [1.165, 1.54) is 0 Å². The fraction of sp³-hybridized carbons (Fsp3) is 0.600. The van der Waals surface area contributed by atoms with Gasteiger partial charge in [0.2, 0.25) is 0 Å². The normalized spacial score (nSPS) is 16.0. The van der Waals surface area contributed by atoms with Gasteiger partial charge in [0.05, 0.1) is 24.9 Å². The van der Waals surface area contributed by atoms with Gasteiger partial charge in [0, 0.05) is 25.8 Å². The minimum atomic E-state index is 0.0196. The van der Waals surface area contributed by atoms with Gasteiger partial charge in [-0.05, 0) is 31.9 Å². The molecule has 0 bridgehead atoms. The van der Waals surface area contributed by atoms with Crippen LogP contribution in [0.25, 0.3) is 0 Å². The van der Waals surface area contributed by atoms with Crippen LogP contribution in [-0.4, -0.2) is 59.8 Å². The Kier molecular flexibility index (Phi) is 5.95. The van der Waals surface area contributed by atoms with Crippen LogP contribution in [0.4, 0.5) is 5.82 Å². The van der Waals surface area contributed by atoms with Crippen molar-refractivity contribution in [2.75, 3.05) is 38.2 Å². The third kappa shape index (κ3) is 4.41. The zero-order valence-electron chi connectivity index (χ0n) is 12.4. The summed E-state index contributed by atoms with van der Waals surface area (Å²) in [6.07, 6.45) is 3.40. The number of likely N-dealkylation sites (tertiary alicyclic amines) is 1. The van der Waals surface area contributed by atoms with Crippen molar-refractivity contribution in [1.82, 2.24) is 9.88 Å². The molecule has 21 heavy (non-hydrogen) atoms. The maximum absolute atomic E-state index is 12.4. The summed E-state index contributed by atoms with van der Waals surface area (Å²) in [5, 5.41) is 11.9. The molecule has 0 unspecified atom stereocenters. The van der Waals surface area contributed by atoms with Gasteiger partial charge in [-0.15, -0.1) is 0 Å². The topological polar surface area (TPSA) is 74.7 Å². The van der Waals surface area contributed by atoms with E-state index in [0.717, 1.165) is 25.2 Å². The van der Waals surface area contributed by atoms with Crippen molar-refractivity contribution < 1.29 is 14.6 Å². The van der Waals surface area contributed by atoms with Gasteiger partial charge in [-0.25, -0.2) is 4.98 Å². The number of carbonyl (C=O) groups excluding carboxylic acids is 1. The summed E-state index contributed by atoms with van der Waals surface area (Å²) in [5.74, 6) is 0.802. The number of nitrogens with zero attached hydrogens (tertiary/aromatic N) is 2. The van der Waals surface area contributed by atoms with E-state index >= 15 is 0 Å². The number of anilines is 1. The minimum absolute atomic E-state index is 0.0196. The number of aliphatic hydroxyl groups excluding tert-OH is 1. The van der Waals surface area contributed by atoms with Crippen molar-refractivity contribution in [3.05, 3.63) is 23.9 Å². The van der Waals surface area contributed by atoms with Crippen LogP contribution in [0.2, 0.25) is 0 Å². The maximum Gasteiger partial charge on any atom is 0.255 e. The first-order valence-corrected chi connectivity index (χ1v) is 7.46. The Hall–Kier alpha value is -1.66. The Morgan fingerprint density at radius 2 is 2.24 bits per heavy atom. The number of carbonyl (C=O) groups is 1. The van der Waals surface area contributed by atoms with E-state index < -0.39 is 0 Å². The van der Waals surface area contributed by atoms with Crippen molar-refractivity contribution >= 4 is 11.7 Å². The third-order valence-corrected chi connectivity index (χ3v) is 3.54. The fourth-order valence-corrected chi connectivity index (χ4v) is 2.43. The molecule has 0 aliphatic carbocycles. The largest absolute Gasteiger partial charge is 0.394 e. The van der Waals surface area contributed by atoms with Crippen LogP contribution in [0.1, 0.15) is 30.1 Å². The van der Waals surface area contributed by atoms with E-state index in [4.69, 9.17) is 9.84 Å². The Morgan fingerprint density at radius 3 is 2.81 bits per heavy atom. The standard InChI is InChI=1S/C15H23N3O3/c1-2-16-14-4-3-12(11-17-14)15(20)18-7-5-13(6-8-18)21-10-9-19/h3-4,11,13,19H,2,5-10H2,1H3,(H,16,17). The van der Waals surface area contributed by atoms with Crippen LogP contribution >= 0.6 is 0 Å². The number of amides is 1. The fourth-order valence-electron chi connectivity index (χ4n) is 2.43. The molecule has 0 atom stereocenters. The van der Waals surface area contributed by atoms with Gasteiger partial charge in [-0.2, -0.15) is 0 Å². The molecule has 0 saturated carbocycles. The van der Waals surface area contributed by atoms with E-state index in [-0.39, 0.29) is 18.6 Å². The molecule has 2 N–H and O–H groups in total. The predicted octanol–water partition coefficient (Wildman–Crippen LogP) is 1.13. The predicted molar refractivity (Wildman–Crippen MR) is 80.4 cm³/mol. The molecule has 0 aromatic carbocycles. The van der Waals surface area contributed by atoms with E-state index in [9.17, 15) is 4.79 Å². The lowest BCUT2D eigenvalue weighted by Gasteiger charge is -2.31. The van der Waals surface area contributed by atoms with Gasteiger partial charge in [0.25, 0.3) is 5.91 Å². The van der Waals surface area contributed by atoms with E-state index in [0.29, 0.717) is 25.3 Å². The van der Waals surface area contributed by atoms with Gasteiger partial charge in [-0.1, -0.05) is 0 Å². The SMILES string of the molecule is CCNc1ccc(C(=O)N2CCC(OCCO)CC2)cn1. The average molecular weight is 293 g/mol. The minimum Gasteiger partial charge on any atom is -0.394 e. The zero-order chi connectivity index (χ0) is 15.1. The molecule has 6 nitrogen and oxygen atoms in total. The summed E-state index contributed by atoms with van der Waals surface area (Å²) in [6, 6.07) is 3.63. The molecule has 6 heteroatoms. The average Bonchev–Trinajstić information content (AvgIpc) is 2.54. The quantitative estimate of drug-likeness (QED) is 0.822. The number of hydrogen-bond donors (Lipinski definition) is 2. The molecule has 2 heterocycles. The van der Waals surface area contributed by atoms with Gasteiger partial charge >= 0.3 is 0 Å². The Labute approximate surface area is 125 Å².